The van der Waals surface area contributed by atoms with Crippen LogP contribution in [-0.2, 0) is 4.74 Å². The SMILES string of the molecule is COC(=O)c1cc(Cl)ccc1NC(=O)c1ccc(Br)cn1. The van der Waals surface area contributed by atoms with Crippen molar-refractivity contribution in [2.45, 2.75) is 0 Å². The predicted octanol–water partition coefficient (Wildman–Crippen LogP) is 3.54. The minimum atomic E-state index is -0.587. The highest BCUT2D eigenvalue weighted by molar-refractivity contribution is 9.10. The summed E-state index contributed by atoms with van der Waals surface area (Å²) in [4.78, 5) is 27.8. The maximum Gasteiger partial charge on any atom is 0.340 e. The van der Waals surface area contributed by atoms with E-state index in [4.69, 9.17) is 11.6 Å². The Morgan fingerprint density at radius 2 is 2.05 bits per heavy atom. The van der Waals surface area contributed by atoms with Gasteiger partial charge in [-0.05, 0) is 46.3 Å². The van der Waals surface area contributed by atoms with Crippen molar-refractivity contribution in [2.75, 3.05) is 12.4 Å². The van der Waals surface area contributed by atoms with Crippen molar-refractivity contribution in [3.63, 3.8) is 0 Å². The number of amides is 1. The predicted molar refractivity (Wildman–Crippen MR) is 82.7 cm³/mol. The third-order valence-corrected chi connectivity index (χ3v) is 3.30. The molecule has 0 spiro atoms. The number of esters is 1. The first-order valence-corrected chi connectivity index (χ1v) is 6.99. The maximum atomic E-state index is 12.1. The molecule has 0 aliphatic heterocycles. The quantitative estimate of drug-likeness (QED) is 0.840. The number of halogens is 2. The molecule has 1 aromatic carbocycles. The molecule has 0 radical (unpaired) electrons. The fourth-order valence-corrected chi connectivity index (χ4v) is 2.01. The number of nitrogens with zero attached hydrogens (tertiary/aromatic N) is 1. The summed E-state index contributed by atoms with van der Waals surface area (Å²) < 4.78 is 5.43. The van der Waals surface area contributed by atoms with E-state index in [1.54, 1.807) is 18.2 Å². The molecule has 21 heavy (non-hydrogen) atoms. The van der Waals surface area contributed by atoms with E-state index < -0.39 is 11.9 Å². The Bertz CT molecular complexity index is 689. The molecule has 0 bridgehead atoms. The van der Waals surface area contributed by atoms with Gasteiger partial charge >= 0.3 is 5.97 Å². The number of methoxy groups -OCH3 is 1. The number of anilines is 1. The standard InChI is InChI=1S/C14H10BrClN2O3/c1-21-14(20)10-6-9(16)3-5-11(10)18-13(19)12-4-2-8(15)7-17-12/h2-7H,1H3,(H,18,19). The van der Waals surface area contributed by atoms with Gasteiger partial charge < -0.3 is 10.1 Å². The summed E-state index contributed by atoms with van der Waals surface area (Å²) in [6.07, 6.45) is 1.51. The normalized spacial score (nSPS) is 10.0. The molecule has 0 saturated carbocycles. The minimum Gasteiger partial charge on any atom is -0.465 e. The third-order valence-electron chi connectivity index (χ3n) is 2.60. The van der Waals surface area contributed by atoms with E-state index >= 15 is 0 Å². The molecule has 0 unspecified atom stereocenters. The van der Waals surface area contributed by atoms with Crippen LogP contribution >= 0.6 is 27.5 Å². The van der Waals surface area contributed by atoms with Crippen molar-refractivity contribution in [1.29, 1.82) is 0 Å². The number of pyridine rings is 1. The van der Waals surface area contributed by atoms with E-state index in [-0.39, 0.29) is 11.3 Å². The van der Waals surface area contributed by atoms with Gasteiger partial charge in [-0.15, -0.1) is 0 Å². The van der Waals surface area contributed by atoms with Gasteiger partial charge in [0.25, 0.3) is 5.91 Å². The van der Waals surface area contributed by atoms with Gasteiger partial charge in [0.2, 0.25) is 0 Å². The molecule has 2 aromatic rings. The topological polar surface area (TPSA) is 68.3 Å². The monoisotopic (exact) mass is 368 g/mol. The maximum absolute atomic E-state index is 12.1. The number of benzene rings is 1. The molecule has 0 fully saturated rings. The Morgan fingerprint density at radius 3 is 2.67 bits per heavy atom. The number of hydrogen-bond acceptors (Lipinski definition) is 4. The molecule has 0 aliphatic rings. The largest absolute Gasteiger partial charge is 0.465 e. The van der Waals surface area contributed by atoms with Gasteiger partial charge in [0.15, 0.2) is 0 Å². The number of aromatic nitrogens is 1. The highest BCUT2D eigenvalue weighted by atomic mass is 79.9. The van der Waals surface area contributed by atoms with Crippen molar-refractivity contribution in [1.82, 2.24) is 4.98 Å². The van der Waals surface area contributed by atoms with Gasteiger partial charge in [-0.1, -0.05) is 11.6 Å². The van der Waals surface area contributed by atoms with Crippen molar-refractivity contribution in [2.24, 2.45) is 0 Å². The molecular formula is C14H10BrClN2O3. The van der Waals surface area contributed by atoms with Gasteiger partial charge in [-0.2, -0.15) is 0 Å². The Kier molecular flexibility index (Phi) is 4.93. The Labute approximate surface area is 134 Å². The molecule has 1 heterocycles. The van der Waals surface area contributed by atoms with Crippen LogP contribution in [0.4, 0.5) is 5.69 Å². The van der Waals surface area contributed by atoms with Gasteiger partial charge in [0.05, 0.1) is 18.4 Å². The van der Waals surface area contributed by atoms with Crippen LogP contribution in [-0.4, -0.2) is 24.0 Å². The zero-order valence-electron chi connectivity index (χ0n) is 10.9. The van der Waals surface area contributed by atoms with Crippen LogP contribution in [0.5, 0.6) is 0 Å². The lowest BCUT2D eigenvalue weighted by Gasteiger charge is -2.10. The number of hydrogen-bond donors (Lipinski definition) is 1. The van der Waals surface area contributed by atoms with Crippen LogP contribution < -0.4 is 5.32 Å². The van der Waals surface area contributed by atoms with E-state index in [9.17, 15) is 9.59 Å². The summed E-state index contributed by atoms with van der Waals surface area (Å²) in [5, 5.41) is 2.98. The van der Waals surface area contributed by atoms with E-state index in [0.29, 0.717) is 10.7 Å². The molecular weight excluding hydrogens is 360 g/mol. The van der Waals surface area contributed by atoms with Crippen LogP contribution in [0.25, 0.3) is 0 Å². The Hall–Kier alpha value is -1.92. The van der Waals surface area contributed by atoms with Crippen LogP contribution in [0.15, 0.2) is 41.0 Å². The average Bonchev–Trinajstić information content (AvgIpc) is 2.48. The van der Waals surface area contributed by atoms with Crippen molar-refractivity contribution >= 4 is 45.1 Å². The number of carbonyl (C=O) groups excluding carboxylic acids is 2. The summed E-state index contributed by atoms with van der Waals surface area (Å²) >= 11 is 9.09. The zero-order valence-corrected chi connectivity index (χ0v) is 13.2. The van der Waals surface area contributed by atoms with Gasteiger partial charge in [-0.25, -0.2) is 9.78 Å². The highest BCUT2D eigenvalue weighted by Gasteiger charge is 2.16. The average molecular weight is 370 g/mol. The molecule has 1 N–H and O–H groups in total. The van der Waals surface area contributed by atoms with Crippen LogP contribution in [0.2, 0.25) is 5.02 Å². The van der Waals surface area contributed by atoms with E-state index in [2.05, 4.69) is 31.0 Å². The van der Waals surface area contributed by atoms with Crippen molar-refractivity contribution in [3.05, 3.63) is 57.3 Å². The first-order valence-electron chi connectivity index (χ1n) is 5.82. The van der Waals surface area contributed by atoms with Crippen molar-refractivity contribution < 1.29 is 14.3 Å². The third kappa shape index (κ3) is 3.80. The summed E-state index contributed by atoms with van der Waals surface area (Å²) in [5.41, 5.74) is 0.709. The Morgan fingerprint density at radius 1 is 1.29 bits per heavy atom. The molecule has 108 valence electrons. The second-order valence-electron chi connectivity index (χ2n) is 4.00. The lowest BCUT2D eigenvalue weighted by molar-refractivity contribution is 0.0602. The van der Waals surface area contributed by atoms with Crippen molar-refractivity contribution in [3.8, 4) is 0 Å². The smallest absolute Gasteiger partial charge is 0.340 e. The van der Waals surface area contributed by atoms with E-state index in [1.165, 1.54) is 25.4 Å². The minimum absolute atomic E-state index is 0.176. The summed E-state index contributed by atoms with van der Waals surface area (Å²) in [5.74, 6) is -1.02. The number of ether oxygens (including phenoxy) is 1. The van der Waals surface area contributed by atoms with Gasteiger partial charge in [-0.3, -0.25) is 4.79 Å². The zero-order chi connectivity index (χ0) is 15.4. The lowest BCUT2D eigenvalue weighted by Crippen LogP contribution is -2.16. The van der Waals surface area contributed by atoms with Crippen LogP contribution in [0, 0.1) is 0 Å². The highest BCUT2D eigenvalue weighted by Crippen LogP contribution is 2.22. The second-order valence-corrected chi connectivity index (χ2v) is 5.35. The molecule has 7 heteroatoms. The van der Waals surface area contributed by atoms with Gasteiger partial charge in [0, 0.05) is 15.7 Å². The first-order chi connectivity index (χ1) is 10.0. The Balaban J connectivity index is 2.28. The van der Waals surface area contributed by atoms with Gasteiger partial charge in [0.1, 0.15) is 5.69 Å². The summed E-state index contributed by atoms with van der Waals surface area (Å²) in [7, 11) is 1.26. The second kappa shape index (κ2) is 6.69. The summed E-state index contributed by atoms with van der Waals surface area (Å²) in [6.45, 7) is 0. The first kappa shape index (κ1) is 15.5. The molecule has 5 nitrogen and oxygen atoms in total. The number of nitrogens with one attached hydrogen (secondary N) is 1. The number of rotatable bonds is 3. The van der Waals surface area contributed by atoms with Crippen LogP contribution in [0.3, 0.4) is 0 Å². The van der Waals surface area contributed by atoms with E-state index in [1.807, 2.05) is 0 Å². The fourth-order valence-electron chi connectivity index (χ4n) is 1.60. The lowest BCUT2D eigenvalue weighted by atomic mass is 10.1. The fraction of sp³-hybridized carbons (Fsp3) is 0.0714. The molecule has 0 aliphatic carbocycles. The molecule has 2 rings (SSSR count). The molecule has 1 aromatic heterocycles. The molecule has 0 atom stereocenters. The number of carbonyl (C=O) groups is 2. The summed E-state index contributed by atoms with van der Waals surface area (Å²) in [6, 6.07) is 7.79. The van der Waals surface area contributed by atoms with Crippen LogP contribution in [0.1, 0.15) is 20.8 Å². The molecule has 1 amide bonds. The van der Waals surface area contributed by atoms with E-state index in [0.717, 1.165) is 4.47 Å². The molecule has 0 saturated heterocycles.